The lowest BCUT2D eigenvalue weighted by molar-refractivity contribution is 0.302. The highest BCUT2D eigenvalue weighted by atomic mass is 16.5. The Morgan fingerprint density at radius 1 is 0.933 bits per heavy atom. The van der Waals surface area contributed by atoms with Crippen LogP contribution in [0.4, 0.5) is 11.4 Å². The van der Waals surface area contributed by atoms with Gasteiger partial charge >= 0.3 is 0 Å². The molecule has 0 aliphatic heterocycles. The molecule has 3 rings (SSSR count). The van der Waals surface area contributed by atoms with E-state index < -0.39 is 0 Å². The van der Waals surface area contributed by atoms with Gasteiger partial charge in [0.05, 0.1) is 11.3 Å². The van der Waals surface area contributed by atoms with Gasteiger partial charge in [0.15, 0.2) is 5.75 Å². The highest BCUT2D eigenvalue weighted by molar-refractivity contribution is 5.62. The van der Waals surface area contributed by atoms with Crippen LogP contribution in [0.25, 0.3) is 0 Å². The van der Waals surface area contributed by atoms with Gasteiger partial charge in [-0.2, -0.15) is 5.26 Å². The average molecular weight is 406 g/mol. The van der Waals surface area contributed by atoms with Gasteiger partial charge in [-0.15, -0.1) is 0 Å². The van der Waals surface area contributed by atoms with Gasteiger partial charge in [-0.1, -0.05) is 51.5 Å². The van der Waals surface area contributed by atoms with Crippen molar-refractivity contribution in [2.24, 2.45) is 5.92 Å². The summed E-state index contributed by atoms with van der Waals surface area (Å²) in [6.45, 7) is 2.27. The highest BCUT2D eigenvalue weighted by Crippen LogP contribution is 2.39. The molecule has 1 aliphatic carbocycles. The summed E-state index contributed by atoms with van der Waals surface area (Å²) in [6, 6.07) is 13.5. The second kappa shape index (κ2) is 10.9. The van der Waals surface area contributed by atoms with Gasteiger partial charge in [-0.05, 0) is 73.4 Å². The van der Waals surface area contributed by atoms with Crippen LogP contribution in [0.5, 0.6) is 11.5 Å². The molecule has 4 N–H and O–H groups in total. The maximum atomic E-state index is 9.65. The van der Waals surface area contributed by atoms with E-state index in [1.54, 1.807) is 18.2 Å². The minimum absolute atomic E-state index is 0.469. The van der Waals surface area contributed by atoms with Gasteiger partial charge in [0.1, 0.15) is 11.8 Å². The molecule has 0 bridgehead atoms. The van der Waals surface area contributed by atoms with Crippen molar-refractivity contribution < 1.29 is 4.74 Å². The van der Waals surface area contributed by atoms with Crippen LogP contribution in [-0.2, 0) is 0 Å². The topological polar surface area (TPSA) is 85.1 Å². The number of hydrogen-bond acceptors (Lipinski definition) is 4. The van der Waals surface area contributed by atoms with E-state index in [-0.39, 0.29) is 0 Å². The Morgan fingerprint density at radius 2 is 1.67 bits per heavy atom. The zero-order chi connectivity index (χ0) is 21.3. The van der Waals surface area contributed by atoms with Crippen molar-refractivity contribution in [2.45, 2.75) is 77.0 Å². The summed E-state index contributed by atoms with van der Waals surface area (Å²) in [6.07, 6.45) is 13.3. The van der Waals surface area contributed by atoms with Crippen molar-refractivity contribution in [3.63, 3.8) is 0 Å². The molecule has 0 aromatic heterocycles. The van der Waals surface area contributed by atoms with Crippen LogP contribution in [0.3, 0.4) is 0 Å². The Hall–Kier alpha value is -2.67. The fourth-order valence-corrected chi connectivity index (χ4v) is 4.58. The first-order chi connectivity index (χ1) is 14.6. The van der Waals surface area contributed by atoms with Crippen LogP contribution in [0, 0.1) is 17.2 Å². The summed E-state index contributed by atoms with van der Waals surface area (Å²) in [4.78, 5) is 0. The normalized spacial score (nSPS) is 18.7. The lowest BCUT2D eigenvalue weighted by atomic mass is 9.77. The molecule has 0 spiro atoms. The summed E-state index contributed by atoms with van der Waals surface area (Å²) in [5, 5.41) is 9.65. The molecule has 2 aromatic carbocycles. The van der Waals surface area contributed by atoms with Crippen LogP contribution in [-0.4, -0.2) is 0 Å². The lowest BCUT2D eigenvalue weighted by Gasteiger charge is -2.29. The molecular formula is C26H35N3O. The molecule has 2 aromatic rings. The average Bonchev–Trinajstić information content (AvgIpc) is 2.76. The molecule has 4 heteroatoms. The van der Waals surface area contributed by atoms with E-state index in [2.05, 4.69) is 19.1 Å². The highest BCUT2D eigenvalue weighted by Gasteiger charge is 2.23. The molecule has 0 heterocycles. The van der Waals surface area contributed by atoms with E-state index >= 15 is 0 Å². The molecular weight excluding hydrogens is 370 g/mol. The summed E-state index contributed by atoms with van der Waals surface area (Å²) < 4.78 is 5.91. The maximum Gasteiger partial charge on any atom is 0.150 e. The number of unbranched alkanes of at least 4 members (excludes halogenated alkanes) is 4. The summed E-state index contributed by atoms with van der Waals surface area (Å²) in [5.74, 6) is 2.49. The Balaban J connectivity index is 1.57. The standard InChI is InChI=1S/C26H35N3O/c1-2-3-4-5-6-7-19-8-10-20(11-9-19)21-12-14-25(22(16-21)18-27)30-26-15-13-23(28)17-24(26)29/h12-17,19-20H,2-11,28-29H2,1H3. The third-order valence-corrected chi connectivity index (χ3v) is 6.41. The molecule has 0 amide bonds. The van der Waals surface area contributed by atoms with E-state index in [9.17, 15) is 5.26 Å². The van der Waals surface area contributed by atoms with Crippen LogP contribution in [0.1, 0.15) is 88.2 Å². The predicted molar refractivity (Wildman–Crippen MR) is 125 cm³/mol. The molecule has 1 aliphatic rings. The van der Waals surface area contributed by atoms with Gasteiger partial charge in [0, 0.05) is 5.69 Å². The molecule has 160 valence electrons. The van der Waals surface area contributed by atoms with Crippen LogP contribution in [0.2, 0.25) is 0 Å². The number of nitriles is 1. The van der Waals surface area contributed by atoms with Crippen LogP contribution in [0.15, 0.2) is 36.4 Å². The van der Waals surface area contributed by atoms with Gasteiger partial charge in [0.25, 0.3) is 0 Å². The number of ether oxygens (including phenoxy) is 1. The van der Waals surface area contributed by atoms with Crippen molar-refractivity contribution in [3.8, 4) is 17.6 Å². The molecule has 4 nitrogen and oxygen atoms in total. The number of nitrogens with zero attached hydrogens (tertiary/aromatic N) is 1. The number of rotatable bonds is 9. The van der Waals surface area contributed by atoms with E-state index in [0.29, 0.717) is 34.4 Å². The summed E-state index contributed by atoms with van der Waals surface area (Å²) >= 11 is 0. The first-order valence-electron chi connectivity index (χ1n) is 11.5. The quantitative estimate of drug-likeness (QED) is 0.342. The fraction of sp³-hybridized carbons (Fsp3) is 0.500. The van der Waals surface area contributed by atoms with Gasteiger partial charge in [-0.3, -0.25) is 0 Å². The monoisotopic (exact) mass is 405 g/mol. The van der Waals surface area contributed by atoms with Gasteiger partial charge < -0.3 is 16.2 Å². The number of benzene rings is 2. The molecule has 0 radical (unpaired) electrons. The Kier molecular flexibility index (Phi) is 8.02. The largest absolute Gasteiger partial charge is 0.454 e. The number of hydrogen-bond donors (Lipinski definition) is 2. The maximum absolute atomic E-state index is 9.65. The van der Waals surface area contributed by atoms with Crippen molar-refractivity contribution >= 4 is 11.4 Å². The fourth-order valence-electron chi connectivity index (χ4n) is 4.58. The molecule has 1 fully saturated rings. The third kappa shape index (κ3) is 5.92. The zero-order valence-electron chi connectivity index (χ0n) is 18.2. The van der Waals surface area contributed by atoms with Crippen molar-refractivity contribution in [1.82, 2.24) is 0 Å². The van der Waals surface area contributed by atoms with Crippen molar-refractivity contribution in [1.29, 1.82) is 5.26 Å². The minimum Gasteiger partial charge on any atom is -0.454 e. The van der Waals surface area contributed by atoms with Gasteiger partial charge in [-0.25, -0.2) is 0 Å². The smallest absolute Gasteiger partial charge is 0.150 e. The van der Waals surface area contributed by atoms with E-state index in [1.807, 2.05) is 12.1 Å². The molecule has 0 atom stereocenters. The van der Waals surface area contributed by atoms with Crippen LogP contribution >= 0.6 is 0 Å². The van der Waals surface area contributed by atoms with Crippen molar-refractivity contribution in [2.75, 3.05) is 11.5 Å². The van der Waals surface area contributed by atoms with Gasteiger partial charge in [0.2, 0.25) is 0 Å². The minimum atomic E-state index is 0.469. The van der Waals surface area contributed by atoms with E-state index in [0.717, 1.165) is 5.92 Å². The van der Waals surface area contributed by atoms with Crippen molar-refractivity contribution in [3.05, 3.63) is 47.5 Å². The lowest BCUT2D eigenvalue weighted by Crippen LogP contribution is -2.13. The first kappa shape index (κ1) is 22.0. The van der Waals surface area contributed by atoms with E-state index in [4.69, 9.17) is 16.2 Å². The molecule has 0 unspecified atom stereocenters. The Bertz CT molecular complexity index is 863. The summed E-state index contributed by atoms with van der Waals surface area (Å²) in [5.41, 5.74) is 14.6. The number of anilines is 2. The predicted octanol–water partition coefficient (Wildman–Crippen LogP) is 7.15. The first-order valence-corrected chi connectivity index (χ1v) is 11.5. The Labute approximate surface area is 181 Å². The molecule has 30 heavy (non-hydrogen) atoms. The third-order valence-electron chi connectivity index (χ3n) is 6.41. The second-order valence-corrected chi connectivity index (χ2v) is 8.69. The van der Waals surface area contributed by atoms with Crippen LogP contribution < -0.4 is 16.2 Å². The zero-order valence-corrected chi connectivity index (χ0v) is 18.2. The second-order valence-electron chi connectivity index (χ2n) is 8.69. The number of nitrogen functional groups attached to an aromatic ring is 2. The summed E-state index contributed by atoms with van der Waals surface area (Å²) in [7, 11) is 0. The van der Waals surface area contributed by atoms with E-state index in [1.165, 1.54) is 69.8 Å². The molecule has 0 saturated heterocycles. The molecule has 1 saturated carbocycles. The number of nitrogens with two attached hydrogens (primary N) is 2. The Morgan fingerprint density at radius 3 is 2.37 bits per heavy atom. The SMILES string of the molecule is CCCCCCCC1CCC(c2ccc(Oc3ccc(N)cc3N)c(C#N)c2)CC1.